The van der Waals surface area contributed by atoms with E-state index in [1.165, 1.54) is 4.90 Å². The first-order valence-electron chi connectivity index (χ1n) is 8.85. The zero-order valence-electron chi connectivity index (χ0n) is 15.6. The molecule has 0 unspecified atom stereocenters. The molecule has 5 nitrogen and oxygen atoms in total. The van der Waals surface area contributed by atoms with Crippen LogP contribution >= 0.6 is 23.4 Å². The van der Waals surface area contributed by atoms with Crippen LogP contribution in [0.4, 0.5) is 4.79 Å². The summed E-state index contributed by atoms with van der Waals surface area (Å²) in [4.78, 5) is 26.3. The van der Waals surface area contributed by atoms with Crippen molar-refractivity contribution in [2.24, 2.45) is 0 Å². The molecule has 7 heteroatoms. The number of hydrogen-bond donors (Lipinski definition) is 0. The van der Waals surface area contributed by atoms with E-state index in [-0.39, 0.29) is 24.3 Å². The van der Waals surface area contributed by atoms with Crippen LogP contribution in [0.25, 0.3) is 6.08 Å². The van der Waals surface area contributed by atoms with Gasteiger partial charge in [-0.1, -0.05) is 29.8 Å². The maximum absolute atomic E-state index is 12.6. The number of carbonyl (C=O) groups excluding carboxylic acids is 2. The number of carbonyl (C=O) groups is 2. The zero-order valence-corrected chi connectivity index (χ0v) is 17.2. The van der Waals surface area contributed by atoms with Crippen molar-refractivity contribution in [2.45, 2.75) is 13.8 Å². The van der Waals surface area contributed by atoms with E-state index >= 15 is 0 Å². The molecule has 1 heterocycles. The molecule has 0 bridgehead atoms. The molecule has 2 aromatic rings. The smallest absolute Gasteiger partial charge is 0.293 e. The van der Waals surface area contributed by atoms with Crippen molar-refractivity contribution in [2.75, 3.05) is 19.8 Å². The third kappa shape index (κ3) is 4.88. The molecule has 1 aliphatic rings. The zero-order chi connectivity index (χ0) is 20.1. The topological polar surface area (TPSA) is 55.8 Å². The minimum atomic E-state index is -0.326. The normalized spacial score (nSPS) is 15.4. The van der Waals surface area contributed by atoms with Gasteiger partial charge in [0.15, 0.2) is 0 Å². The summed E-state index contributed by atoms with van der Waals surface area (Å²) in [7, 11) is 0. The number of halogens is 1. The Morgan fingerprint density at radius 2 is 1.96 bits per heavy atom. The summed E-state index contributed by atoms with van der Waals surface area (Å²) in [6, 6.07) is 12.9. The highest BCUT2D eigenvalue weighted by Crippen LogP contribution is 2.33. The van der Waals surface area contributed by atoms with Crippen molar-refractivity contribution in [3.63, 3.8) is 0 Å². The molecular weight excluding hydrogens is 398 g/mol. The van der Waals surface area contributed by atoms with E-state index in [4.69, 9.17) is 21.1 Å². The molecule has 0 spiro atoms. The largest absolute Gasteiger partial charge is 0.492 e. The van der Waals surface area contributed by atoms with E-state index < -0.39 is 0 Å². The quantitative estimate of drug-likeness (QED) is 0.582. The standard InChI is InChI=1S/C21H20ClNO4S/c1-3-26-18-8-7-15(12-17(18)22)13-19-20(24)23(21(25)28-19)9-10-27-16-6-4-5-14(2)11-16/h4-8,11-13H,3,9-10H2,1-2H3/b19-13-. The average Bonchev–Trinajstić information content (AvgIpc) is 2.91. The van der Waals surface area contributed by atoms with Crippen LogP contribution in [0.2, 0.25) is 5.02 Å². The number of benzene rings is 2. The highest BCUT2D eigenvalue weighted by molar-refractivity contribution is 8.18. The van der Waals surface area contributed by atoms with Gasteiger partial charge in [0.25, 0.3) is 11.1 Å². The molecule has 0 radical (unpaired) electrons. The Balaban J connectivity index is 1.64. The molecule has 2 amide bonds. The van der Waals surface area contributed by atoms with Crippen LogP contribution in [0, 0.1) is 6.92 Å². The molecule has 1 fully saturated rings. The molecule has 0 N–H and O–H groups in total. The molecule has 0 saturated carbocycles. The van der Waals surface area contributed by atoms with E-state index in [9.17, 15) is 9.59 Å². The van der Waals surface area contributed by atoms with Crippen molar-refractivity contribution in [3.05, 3.63) is 63.5 Å². The summed E-state index contributed by atoms with van der Waals surface area (Å²) < 4.78 is 11.0. The van der Waals surface area contributed by atoms with Gasteiger partial charge in [-0.25, -0.2) is 0 Å². The first-order chi connectivity index (χ1) is 13.5. The lowest BCUT2D eigenvalue weighted by Gasteiger charge is -2.13. The van der Waals surface area contributed by atoms with Gasteiger partial charge in [0.2, 0.25) is 0 Å². The fourth-order valence-electron chi connectivity index (χ4n) is 2.68. The number of thioether (sulfide) groups is 1. The summed E-state index contributed by atoms with van der Waals surface area (Å²) in [5.74, 6) is 0.974. The minimum absolute atomic E-state index is 0.194. The van der Waals surface area contributed by atoms with Gasteiger partial charge in [-0.15, -0.1) is 0 Å². The van der Waals surface area contributed by atoms with Gasteiger partial charge in [0, 0.05) is 0 Å². The van der Waals surface area contributed by atoms with Crippen molar-refractivity contribution >= 4 is 40.6 Å². The maximum atomic E-state index is 12.6. The number of rotatable bonds is 7. The first-order valence-corrected chi connectivity index (χ1v) is 10.0. The van der Waals surface area contributed by atoms with Crippen molar-refractivity contribution in [1.29, 1.82) is 0 Å². The van der Waals surface area contributed by atoms with Gasteiger partial charge in [-0.3, -0.25) is 14.5 Å². The summed E-state index contributed by atoms with van der Waals surface area (Å²) in [6.07, 6.45) is 1.66. The molecule has 0 aromatic heterocycles. The second-order valence-electron chi connectivity index (χ2n) is 6.12. The molecule has 0 atom stereocenters. The number of ether oxygens (including phenoxy) is 2. The molecule has 3 rings (SSSR count). The van der Waals surface area contributed by atoms with Gasteiger partial charge in [0.1, 0.15) is 18.1 Å². The Labute approximate surface area is 173 Å². The number of amides is 2. The molecule has 1 aliphatic heterocycles. The van der Waals surface area contributed by atoms with Gasteiger partial charge in [-0.05, 0) is 67.1 Å². The van der Waals surface area contributed by atoms with Crippen molar-refractivity contribution in [3.8, 4) is 11.5 Å². The van der Waals surface area contributed by atoms with E-state index in [0.717, 1.165) is 22.9 Å². The third-order valence-electron chi connectivity index (χ3n) is 4.00. The van der Waals surface area contributed by atoms with E-state index in [1.54, 1.807) is 24.3 Å². The molecular formula is C21H20ClNO4S. The fraction of sp³-hybridized carbons (Fsp3) is 0.238. The summed E-state index contributed by atoms with van der Waals surface area (Å²) in [6.45, 7) is 4.80. The number of imide groups is 1. The van der Waals surface area contributed by atoms with Gasteiger partial charge < -0.3 is 9.47 Å². The lowest BCUT2D eigenvalue weighted by atomic mass is 10.2. The highest BCUT2D eigenvalue weighted by atomic mass is 35.5. The summed E-state index contributed by atoms with van der Waals surface area (Å²) in [5, 5.41) is 0.155. The van der Waals surface area contributed by atoms with Crippen LogP contribution in [0.1, 0.15) is 18.1 Å². The fourth-order valence-corrected chi connectivity index (χ4v) is 3.79. The van der Waals surface area contributed by atoms with Crippen LogP contribution in [0.15, 0.2) is 47.4 Å². The molecule has 2 aromatic carbocycles. The van der Waals surface area contributed by atoms with E-state index in [0.29, 0.717) is 28.0 Å². The highest BCUT2D eigenvalue weighted by Gasteiger charge is 2.34. The Bertz CT molecular complexity index is 928. The Kier molecular flexibility index (Phi) is 6.65. The second kappa shape index (κ2) is 9.17. The number of nitrogens with zero attached hydrogens (tertiary/aromatic N) is 1. The van der Waals surface area contributed by atoms with Crippen LogP contribution in [0.3, 0.4) is 0 Å². The Morgan fingerprint density at radius 1 is 1.14 bits per heavy atom. The van der Waals surface area contributed by atoms with E-state index in [2.05, 4.69) is 0 Å². The van der Waals surface area contributed by atoms with Crippen LogP contribution < -0.4 is 9.47 Å². The minimum Gasteiger partial charge on any atom is -0.492 e. The summed E-state index contributed by atoms with van der Waals surface area (Å²) >= 11 is 7.10. The Hall–Kier alpha value is -2.44. The van der Waals surface area contributed by atoms with Crippen molar-refractivity contribution < 1.29 is 19.1 Å². The SMILES string of the molecule is CCOc1ccc(/C=C2\SC(=O)N(CCOc3cccc(C)c3)C2=O)cc1Cl. The van der Waals surface area contributed by atoms with Gasteiger partial charge in [-0.2, -0.15) is 0 Å². The van der Waals surface area contributed by atoms with E-state index in [1.807, 2.05) is 38.1 Å². The molecule has 0 aliphatic carbocycles. The number of aryl methyl sites for hydroxylation is 1. The van der Waals surface area contributed by atoms with Crippen molar-refractivity contribution in [1.82, 2.24) is 4.90 Å². The third-order valence-corrected chi connectivity index (χ3v) is 5.20. The predicted molar refractivity (Wildman–Crippen MR) is 112 cm³/mol. The van der Waals surface area contributed by atoms with Crippen LogP contribution in [0.5, 0.6) is 11.5 Å². The molecule has 146 valence electrons. The lowest BCUT2D eigenvalue weighted by molar-refractivity contribution is -0.123. The van der Waals surface area contributed by atoms with Gasteiger partial charge >= 0.3 is 0 Å². The Morgan fingerprint density at radius 3 is 2.68 bits per heavy atom. The molecule has 28 heavy (non-hydrogen) atoms. The van der Waals surface area contributed by atoms with Gasteiger partial charge in [0.05, 0.1) is 23.1 Å². The summed E-state index contributed by atoms with van der Waals surface area (Å²) in [5.41, 5.74) is 1.82. The first kappa shape index (κ1) is 20.3. The maximum Gasteiger partial charge on any atom is 0.293 e. The average molecular weight is 418 g/mol. The second-order valence-corrected chi connectivity index (χ2v) is 7.52. The monoisotopic (exact) mass is 417 g/mol. The lowest BCUT2D eigenvalue weighted by Crippen LogP contribution is -2.32. The predicted octanol–water partition coefficient (Wildman–Crippen LogP) is 5.16. The van der Waals surface area contributed by atoms with Crippen LogP contribution in [-0.2, 0) is 4.79 Å². The molecule has 1 saturated heterocycles. The van der Waals surface area contributed by atoms with Crippen LogP contribution in [-0.4, -0.2) is 35.8 Å². The number of hydrogen-bond acceptors (Lipinski definition) is 5.